The molecular formula is C26H26ClNO6. The first-order chi connectivity index (χ1) is 16.3. The Balaban J connectivity index is 1.82. The third-order valence-corrected chi connectivity index (χ3v) is 5.66. The number of methoxy groups -OCH3 is 2. The highest BCUT2D eigenvalue weighted by molar-refractivity contribution is 6.30. The molecule has 8 heteroatoms. The first-order valence-electron chi connectivity index (χ1n) is 10.5. The number of benzene rings is 2. The second-order valence-corrected chi connectivity index (χ2v) is 8.05. The highest BCUT2D eigenvalue weighted by Crippen LogP contribution is 2.39. The molecule has 1 unspecified atom stereocenters. The van der Waals surface area contributed by atoms with Crippen molar-refractivity contribution in [3.8, 4) is 11.5 Å². The van der Waals surface area contributed by atoms with E-state index in [0.29, 0.717) is 33.5 Å². The first-order valence-corrected chi connectivity index (χ1v) is 10.9. The molecule has 0 spiro atoms. The number of allylic oxidation sites excluding steroid dienone is 2. The van der Waals surface area contributed by atoms with Gasteiger partial charge in [-0.05, 0) is 55.3 Å². The van der Waals surface area contributed by atoms with E-state index in [1.807, 2.05) is 6.07 Å². The van der Waals surface area contributed by atoms with Gasteiger partial charge in [0.2, 0.25) is 0 Å². The smallest absolute Gasteiger partial charge is 0.337 e. The molecule has 178 valence electrons. The number of rotatable bonds is 8. The van der Waals surface area contributed by atoms with E-state index in [0.717, 1.165) is 5.56 Å². The lowest BCUT2D eigenvalue weighted by Crippen LogP contribution is -2.31. The summed E-state index contributed by atoms with van der Waals surface area (Å²) in [6.07, 6.45) is 3.48. The normalized spacial score (nSPS) is 15.9. The van der Waals surface area contributed by atoms with Crippen LogP contribution in [0.5, 0.6) is 11.5 Å². The Kier molecular flexibility index (Phi) is 8.02. The monoisotopic (exact) mass is 483 g/mol. The minimum atomic E-state index is -1.12. The number of halogens is 1. The zero-order chi connectivity index (χ0) is 24.8. The van der Waals surface area contributed by atoms with Crippen LogP contribution in [0.25, 0.3) is 6.08 Å². The van der Waals surface area contributed by atoms with E-state index < -0.39 is 17.9 Å². The van der Waals surface area contributed by atoms with E-state index in [2.05, 4.69) is 5.32 Å². The van der Waals surface area contributed by atoms with Gasteiger partial charge in [0.25, 0.3) is 0 Å². The van der Waals surface area contributed by atoms with E-state index in [9.17, 15) is 14.7 Å². The van der Waals surface area contributed by atoms with Crippen LogP contribution in [0.3, 0.4) is 0 Å². The Bertz CT molecular complexity index is 1200. The predicted octanol–water partition coefficient (Wildman–Crippen LogP) is 4.93. The molecule has 0 radical (unpaired) electrons. The van der Waals surface area contributed by atoms with Crippen molar-refractivity contribution >= 4 is 29.6 Å². The van der Waals surface area contributed by atoms with E-state index >= 15 is 0 Å². The summed E-state index contributed by atoms with van der Waals surface area (Å²) in [5, 5.41) is 13.3. The predicted molar refractivity (Wildman–Crippen MR) is 130 cm³/mol. The molecule has 1 aliphatic heterocycles. The van der Waals surface area contributed by atoms with Crippen LogP contribution < -0.4 is 14.8 Å². The molecule has 1 aliphatic rings. The molecule has 2 aromatic rings. The molecule has 1 atom stereocenters. The van der Waals surface area contributed by atoms with E-state index in [-0.39, 0.29) is 17.8 Å². The Morgan fingerprint density at radius 1 is 1.03 bits per heavy atom. The second kappa shape index (κ2) is 10.9. The zero-order valence-electron chi connectivity index (χ0n) is 19.3. The molecular weight excluding hydrogens is 458 g/mol. The number of carbonyl (C=O) groups is 2. The number of esters is 1. The van der Waals surface area contributed by atoms with Gasteiger partial charge >= 0.3 is 11.9 Å². The summed E-state index contributed by atoms with van der Waals surface area (Å²) in [4.78, 5) is 25.2. The molecule has 0 bridgehead atoms. The molecule has 34 heavy (non-hydrogen) atoms. The van der Waals surface area contributed by atoms with E-state index in [1.54, 1.807) is 76.6 Å². The van der Waals surface area contributed by atoms with Crippen LogP contribution in [-0.4, -0.2) is 37.9 Å². The number of carbonyl (C=O) groups excluding carboxylic acids is 1. The molecule has 2 N–H and O–H groups in total. The number of carboxylic acids is 1. The Hall–Kier alpha value is -3.71. The maximum absolute atomic E-state index is 13.1. The summed E-state index contributed by atoms with van der Waals surface area (Å²) >= 11 is 6.16. The maximum Gasteiger partial charge on any atom is 0.337 e. The van der Waals surface area contributed by atoms with E-state index in [1.165, 1.54) is 0 Å². The second-order valence-electron chi connectivity index (χ2n) is 7.61. The molecule has 0 aromatic heterocycles. The van der Waals surface area contributed by atoms with Gasteiger partial charge in [-0.2, -0.15) is 0 Å². The molecule has 0 amide bonds. The van der Waals surface area contributed by atoms with Crippen LogP contribution >= 0.6 is 11.6 Å². The van der Waals surface area contributed by atoms with Gasteiger partial charge in [0.05, 0.1) is 31.3 Å². The van der Waals surface area contributed by atoms with Crippen molar-refractivity contribution in [1.82, 2.24) is 5.32 Å². The molecule has 2 aromatic carbocycles. The number of hydrogen-bond donors (Lipinski definition) is 2. The van der Waals surface area contributed by atoms with Crippen molar-refractivity contribution in [3.63, 3.8) is 0 Å². The maximum atomic E-state index is 13.1. The van der Waals surface area contributed by atoms with Gasteiger partial charge in [0, 0.05) is 16.4 Å². The van der Waals surface area contributed by atoms with Gasteiger partial charge in [0.15, 0.2) is 11.5 Å². The fourth-order valence-electron chi connectivity index (χ4n) is 3.91. The summed E-state index contributed by atoms with van der Waals surface area (Å²) in [5.41, 5.74) is 2.72. The van der Waals surface area contributed by atoms with Crippen molar-refractivity contribution in [2.24, 2.45) is 0 Å². The van der Waals surface area contributed by atoms with Crippen LogP contribution in [0.15, 0.2) is 71.1 Å². The number of aliphatic carboxylic acids is 1. The number of hydrogen-bond acceptors (Lipinski definition) is 6. The molecule has 7 nitrogen and oxygen atoms in total. The van der Waals surface area contributed by atoms with Gasteiger partial charge < -0.3 is 24.6 Å². The molecule has 0 saturated heterocycles. The minimum Gasteiger partial charge on any atom is -0.493 e. The van der Waals surface area contributed by atoms with Crippen LogP contribution in [0.1, 0.15) is 30.9 Å². The molecule has 0 aliphatic carbocycles. The van der Waals surface area contributed by atoms with Crippen LogP contribution in [0.4, 0.5) is 0 Å². The largest absolute Gasteiger partial charge is 0.493 e. The third kappa shape index (κ3) is 5.43. The van der Waals surface area contributed by atoms with Crippen LogP contribution in [0, 0.1) is 0 Å². The SMILES string of the molecule is COc1ccc(/C=C/COC(=O)C2=C(C)NC(C)=C(C(=O)O)C2c2cccc(Cl)c2)cc1OC. The number of carboxylic acid groups (broad SMARTS) is 1. The van der Waals surface area contributed by atoms with Gasteiger partial charge in [-0.3, -0.25) is 0 Å². The molecule has 0 saturated carbocycles. The topological polar surface area (TPSA) is 94.1 Å². The number of ether oxygens (including phenoxy) is 3. The third-order valence-electron chi connectivity index (χ3n) is 5.42. The number of nitrogens with one attached hydrogen (secondary N) is 1. The van der Waals surface area contributed by atoms with E-state index in [4.69, 9.17) is 25.8 Å². The van der Waals surface area contributed by atoms with Crippen LogP contribution in [-0.2, 0) is 14.3 Å². The van der Waals surface area contributed by atoms with Gasteiger partial charge in [-0.15, -0.1) is 0 Å². The number of dihydropyridines is 1. The standard InChI is InChI=1S/C26H26ClNO6/c1-15-22(25(29)30)24(18-8-5-9-19(27)14-18)23(16(2)28-15)26(31)34-12-6-7-17-10-11-20(32-3)21(13-17)33-4/h5-11,13-14,24,28H,12H2,1-4H3,(H,29,30)/b7-6+. The average molecular weight is 484 g/mol. The lowest BCUT2D eigenvalue weighted by molar-refractivity contribution is -0.138. The van der Waals surface area contributed by atoms with Crippen molar-refractivity contribution in [2.75, 3.05) is 20.8 Å². The fourth-order valence-corrected chi connectivity index (χ4v) is 4.11. The fraction of sp³-hybridized carbons (Fsp3) is 0.231. The lowest BCUT2D eigenvalue weighted by atomic mass is 9.80. The molecule has 1 heterocycles. The molecule has 0 fully saturated rings. The van der Waals surface area contributed by atoms with Gasteiger partial charge in [-0.1, -0.05) is 35.9 Å². The van der Waals surface area contributed by atoms with Gasteiger partial charge in [-0.25, -0.2) is 9.59 Å². The zero-order valence-corrected chi connectivity index (χ0v) is 20.1. The van der Waals surface area contributed by atoms with Gasteiger partial charge in [0.1, 0.15) is 6.61 Å². The minimum absolute atomic E-state index is 0.00265. The summed E-state index contributed by atoms with van der Waals surface area (Å²) in [7, 11) is 3.12. The lowest BCUT2D eigenvalue weighted by Gasteiger charge is -2.29. The highest BCUT2D eigenvalue weighted by Gasteiger charge is 2.37. The first kappa shape index (κ1) is 24.9. The highest BCUT2D eigenvalue weighted by atomic mass is 35.5. The van der Waals surface area contributed by atoms with Crippen molar-refractivity contribution < 1.29 is 28.9 Å². The van der Waals surface area contributed by atoms with Crippen LogP contribution in [0.2, 0.25) is 5.02 Å². The molecule has 3 rings (SSSR count). The summed E-state index contributed by atoms with van der Waals surface area (Å²) in [6, 6.07) is 12.2. The summed E-state index contributed by atoms with van der Waals surface area (Å²) in [6.45, 7) is 3.38. The summed E-state index contributed by atoms with van der Waals surface area (Å²) in [5.74, 6) is -1.36. The quantitative estimate of drug-likeness (QED) is 0.514. The van der Waals surface area contributed by atoms with Crippen molar-refractivity contribution in [1.29, 1.82) is 0 Å². The Morgan fingerprint density at radius 2 is 1.74 bits per heavy atom. The Labute approximate surface area is 203 Å². The van der Waals surface area contributed by atoms with Crippen molar-refractivity contribution in [2.45, 2.75) is 19.8 Å². The summed E-state index contributed by atoms with van der Waals surface area (Å²) < 4.78 is 16.0. The van der Waals surface area contributed by atoms with Crippen molar-refractivity contribution in [3.05, 3.63) is 87.2 Å². The Morgan fingerprint density at radius 3 is 2.38 bits per heavy atom. The average Bonchev–Trinajstić information content (AvgIpc) is 2.80.